The minimum absolute atomic E-state index is 0.0658. The molecule has 28 heavy (non-hydrogen) atoms. The van der Waals surface area contributed by atoms with E-state index in [1.165, 1.54) is 7.11 Å². The van der Waals surface area contributed by atoms with E-state index in [2.05, 4.69) is 0 Å². The number of nitrogens with two attached hydrogens (primary N) is 1. The highest BCUT2D eigenvalue weighted by Gasteiger charge is 2.19. The Morgan fingerprint density at radius 2 is 2.04 bits per heavy atom. The van der Waals surface area contributed by atoms with Crippen molar-refractivity contribution in [1.82, 2.24) is 0 Å². The topological polar surface area (TPSA) is 112 Å². The van der Waals surface area contributed by atoms with Gasteiger partial charge < -0.3 is 24.7 Å². The van der Waals surface area contributed by atoms with E-state index in [-0.39, 0.29) is 17.4 Å². The number of fused-ring (bicyclic) bond motifs is 2. The van der Waals surface area contributed by atoms with Crippen molar-refractivity contribution in [3.63, 3.8) is 0 Å². The number of benzene rings is 2. The lowest BCUT2D eigenvalue weighted by Crippen LogP contribution is -2.13. The van der Waals surface area contributed by atoms with E-state index in [0.29, 0.717) is 44.8 Å². The molecule has 7 nitrogen and oxygen atoms in total. The van der Waals surface area contributed by atoms with Gasteiger partial charge in [-0.2, -0.15) is 0 Å². The minimum atomic E-state index is -0.541. The first-order valence-corrected chi connectivity index (χ1v) is 8.65. The third-order valence-corrected chi connectivity index (χ3v) is 4.57. The number of aliphatic hydroxyl groups excluding tert-OH is 1. The average Bonchev–Trinajstić information content (AvgIpc) is 2.67. The molecule has 1 heterocycles. The van der Waals surface area contributed by atoms with Crippen molar-refractivity contribution in [1.29, 1.82) is 0 Å². The van der Waals surface area contributed by atoms with Crippen molar-refractivity contribution >= 4 is 27.8 Å². The molecule has 0 aliphatic carbocycles. The van der Waals surface area contributed by atoms with Gasteiger partial charge in [-0.1, -0.05) is 6.07 Å². The van der Waals surface area contributed by atoms with Gasteiger partial charge in [-0.25, -0.2) is 0 Å². The summed E-state index contributed by atoms with van der Waals surface area (Å²) in [6, 6.07) is 6.79. The van der Waals surface area contributed by atoms with Crippen LogP contribution in [0.25, 0.3) is 21.9 Å². The first-order chi connectivity index (χ1) is 13.4. The van der Waals surface area contributed by atoms with Crippen LogP contribution in [0.15, 0.2) is 45.1 Å². The lowest BCUT2D eigenvalue weighted by Gasteiger charge is -2.15. The third kappa shape index (κ3) is 3.32. The number of aryl methyl sites for hydroxylation is 1. The molecule has 146 valence electrons. The number of hydrogen-bond acceptors (Lipinski definition) is 6. The first-order valence-electron chi connectivity index (χ1n) is 8.65. The summed E-state index contributed by atoms with van der Waals surface area (Å²) in [6.07, 6.45) is 1.54. The summed E-state index contributed by atoms with van der Waals surface area (Å²) < 4.78 is 17.0. The van der Waals surface area contributed by atoms with Gasteiger partial charge in [0.15, 0.2) is 0 Å². The molecule has 2 aromatic carbocycles. The number of aliphatic hydroxyl groups is 1. The van der Waals surface area contributed by atoms with Crippen LogP contribution in [0, 0.1) is 6.92 Å². The molecule has 0 unspecified atom stereocenters. The van der Waals surface area contributed by atoms with E-state index >= 15 is 0 Å². The van der Waals surface area contributed by atoms with Gasteiger partial charge in [0, 0.05) is 11.1 Å². The fourth-order valence-corrected chi connectivity index (χ4v) is 3.10. The second-order valence-electron chi connectivity index (χ2n) is 6.36. The Kier molecular flexibility index (Phi) is 5.37. The molecule has 0 spiro atoms. The number of carbonyl (C=O) groups is 1. The zero-order chi connectivity index (χ0) is 20.4. The predicted octanol–water partition coefficient (Wildman–Crippen LogP) is 2.57. The number of hydrogen-bond donors (Lipinski definition) is 2. The maximum absolute atomic E-state index is 13.2. The number of ether oxygens (including phenoxy) is 2. The fourth-order valence-electron chi connectivity index (χ4n) is 3.10. The van der Waals surface area contributed by atoms with Crippen molar-refractivity contribution in [2.75, 3.05) is 13.7 Å². The Hall–Kier alpha value is -3.32. The van der Waals surface area contributed by atoms with Crippen LogP contribution in [-0.4, -0.2) is 24.7 Å². The highest BCUT2D eigenvalue weighted by molar-refractivity contribution is 5.96. The van der Waals surface area contributed by atoms with E-state index in [0.717, 1.165) is 0 Å². The number of carbonyl (C=O) groups excluding carboxylic acids is 1. The molecule has 3 aromatic rings. The minimum Gasteiger partial charge on any atom is -0.496 e. The molecular formula is C21H21NO6. The Balaban J connectivity index is 2.24. The lowest BCUT2D eigenvalue weighted by atomic mass is 10.0. The predicted molar refractivity (Wildman–Crippen MR) is 106 cm³/mol. The molecule has 0 aliphatic rings. The van der Waals surface area contributed by atoms with Gasteiger partial charge in [-0.15, -0.1) is 0 Å². The first kappa shape index (κ1) is 19.4. The van der Waals surface area contributed by atoms with Crippen LogP contribution in [0.2, 0.25) is 0 Å². The fraction of sp³-hybridized carbons (Fsp3) is 0.238. The van der Waals surface area contributed by atoms with Gasteiger partial charge in [0.05, 0.1) is 19.1 Å². The summed E-state index contributed by atoms with van der Waals surface area (Å²) in [5.74, 6) is 0.214. The largest absolute Gasteiger partial charge is 0.496 e. The van der Waals surface area contributed by atoms with Gasteiger partial charge >= 0.3 is 0 Å². The molecule has 0 saturated carbocycles. The summed E-state index contributed by atoms with van der Waals surface area (Å²) in [7, 11) is 1.47. The van der Waals surface area contributed by atoms with Gasteiger partial charge in [0.2, 0.25) is 11.3 Å². The van der Waals surface area contributed by atoms with E-state index in [9.17, 15) is 14.7 Å². The van der Waals surface area contributed by atoms with Gasteiger partial charge in [0.1, 0.15) is 34.7 Å². The molecule has 0 bridgehead atoms. The Morgan fingerprint density at radius 3 is 2.68 bits per heavy atom. The highest BCUT2D eigenvalue weighted by atomic mass is 16.5. The molecule has 0 atom stereocenters. The number of amides is 1. The average molecular weight is 383 g/mol. The monoisotopic (exact) mass is 383 g/mol. The SMILES string of the molecule is COc1cccc2oc3cc(C)c(OC/C=C(\C)C(N)=O)c(CO)c3c(=O)c12. The summed E-state index contributed by atoms with van der Waals surface area (Å²) >= 11 is 0. The van der Waals surface area contributed by atoms with Gasteiger partial charge in [-0.05, 0) is 43.7 Å². The molecule has 1 amide bonds. The Labute approximate surface area is 161 Å². The van der Waals surface area contributed by atoms with Crippen LogP contribution in [-0.2, 0) is 11.4 Å². The summed E-state index contributed by atoms with van der Waals surface area (Å²) in [4.78, 5) is 24.3. The molecule has 0 aliphatic heterocycles. The second-order valence-corrected chi connectivity index (χ2v) is 6.36. The van der Waals surface area contributed by atoms with Crippen molar-refractivity contribution in [3.05, 3.63) is 57.3 Å². The van der Waals surface area contributed by atoms with Crippen LogP contribution in [0.3, 0.4) is 0 Å². The molecule has 7 heteroatoms. The third-order valence-electron chi connectivity index (χ3n) is 4.57. The maximum Gasteiger partial charge on any atom is 0.244 e. The van der Waals surface area contributed by atoms with Crippen molar-refractivity contribution in [3.8, 4) is 11.5 Å². The molecule has 0 fully saturated rings. The summed E-state index contributed by atoms with van der Waals surface area (Å²) in [5, 5.41) is 10.5. The molecule has 0 radical (unpaired) electrons. The lowest BCUT2D eigenvalue weighted by molar-refractivity contribution is -0.114. The standard InChI is InChI=1S/C21H21NO6/c1-11(21(22)25)7-8-27-20-12(2)9-16-17(13(20)10-23)19(24)18-14(26-3)5-4-6-15(18)28-16/h4-7,9,23H,8,10H2,1-3H3,(H2,22,25)/b11-7+. The molecule has 0 saturated heterocycles. The van der Waals surface area contributed by atoms with E-state index in [1.54, 1.807) is 44.2 Å². The van der Waals surface area contributed by atoms with Crippen molar-refractivity contribution < 1.29 is 23.8 Å². The summed E-state index contributed by atoms with van der Waals surface area (Å²) in [6.45, 7) is 3.01. The van der Waals surface area contributed by atoms with Crippen LogP contribution >= 0.6 is 0 Å². The molecule has 3 rings (SSSR count). The Bertz CT molecular complexity index is 1160. The van der Waals surface area contributed by atoms with Crippen LogP contribution in [0.1, 0.15) is 18.1 Å². The highest BCUT2D eigenvalue weighted by Crippen LogP contribution is 2.34. The Morgan fingerprint density at radius 1 is 1.29 bits per heavy atom. The van der Waals surface area contributed by atoms with Crippen molar-refractivity contribution in [2.24, 2.45) is 5.73 Å². The smallest absolute Gasteiger partial charge is 0.244 e. The van der Waals surface area contributed by atoms with E-state index in [4.69, 9.17) is 19.6 Å². The normalized spacial score (nSPS) is 11.8. The van der Waals surface area contributed by atoms with Gasteiger partial charge in [0.25, 0.3) is 0 Å². The zero-order valence-corrected chi connectivity index (χ0v) is 15.9. The van der Waals surface area contributed by atoms with Crippen LogP contribution < -0.4 is 20.6 Å². The van der Waals surface area contributed by atoms with E-state index in [1.807, 2.05) is 0 Å². The quantitative estimate of drug-likeness (QED) is 0.500. The summed E-state index contributed by atoms with van der Waals surface area (Å²) in [5.41, 5.74) is 7.01. The molecule has 3 N–H and O–H groups in total. The van der Waals surface area contributed by atoms with Crippen LogP contribution in [0.5, 0.6) is 11.5 Å². The molecule has 1 aromatic heterocycles. The number of rotatable bonds is 6. The van der Waals surface area contributed by atoms with Crippen LogP contribution in [0.4, 0.5) is 0 Å². The zero-order valence-electron chi connectivity index (χ0n) is 15.9. The van der Waals surface area contributed by atoms with Gasteiger partial charge in [-0.3, -0.25) is 9.59 Å². The number of methoxy groups -OCH3 is 1. The maximum atomic E-state index is 13.2. The number of primary amides is 1. The second kappa shape index (κ2) is 7.74. The van der Waals surface area contributed by atoms with Crippen molar-refractivity contribution in [2.45, 2.75) is 20.5 Å². The molecular weight excluding hydrogens is 362 g/mol. The van der Waals surface area contributed by atoms with E-state index < -0.39 is 12.5 Å².